The van der Waals surface area contributed by atoms with Crippen LogP contribution in [0.5, 0.6) is 0 Å². The zero-order valence-electron chi connectivity index (χ0n) is 23.9. The fraction of sp³-hybridized carbons (Fsp3) is 0. The highest BCUT2D eigenvalue weighted by Gasteiger charge is 2.21. The van der Waals surface area contributed by atoms with Crippen LogP contribution in [0.15, 0.2) is 158 Å². The molecule has 0 aliphatic rings. The van der Waals surface area contributed by atoms with E-state index in [2.05, 4.69) is 167 Å². The summed E-state index contributed by atoms with van der Waals surface area (Å²) in [5.74, 6) is 0. The van der Waals surface area contributed by atoms with Gasteiger partial charge < -0.3 is 8.97 Å². The molecule has 2 heteroatoms. The van der Waals surface area contributed by atoms with Gasteiger partial charge >= 0.3 is 0 Å². The normalized spacial score (nSPS) is 12.1. The van der Waals surface area contributed by atoms with E-state index in [0.29, 0.717) is 0 Å². The number of fused-ring (bicyclic) bond motifs is 9. The van der Waals surface area contributed by atoms with Crippen molar-refractivity contribution >= 4 is 59.9 Å². The molecule has 0 N–H and O–H groups in total. The number of hydrogen-bond donors (Lipinski definition) is 0. The van der Waals surface area contributed by atoms with Crippen LogP contribution in [0, 0.1) is 0 Å². The second kappa shape index (κ2) is 8.82. The molecule has 3 heterocycles. The summed E-state index contributed by atoms with van der Waals surface area (Å²) < 4.78 is 4.94. The van der Waals surface area contributed by atoms with Gasteiger partial charge in [0, 0.05) is 38.0 Å². The van der Waals surface area contributed by atoms with E-state index >= 15 is 0 Å². The van der Waals surface area contributed by atoms with E-state index in [4.69, 9.17) is 0 Å². The first-order chi connectivity index (χ1) is 21.8. The van der Waals surface area contributed by atoms with Crippen LogP contribution in [0.2, 0.25) is 0 Å². The number of para-hydroxylation sites is 3. The lowest BCUT2D eigenvalue weighted by molar-refractivity contribution is 1.18. The van der Waals surface area contributed by atoms with Crippen molar-refractivity contribution in [2.45, 2.75) is 0 Å². The molecule has 0 radical (unpaired) electrons. The highest BCUT2D eigenvalue weighted by molar-refractivity contribution is 6.26. The van der Waals surface area contributed by atoms with Crippen molar-refractivity contribution in [2.24, 2.45) is 0 Å². The Morgan fingerprint density at radius 3 is 1.48 bits per heavy atom. The highest BCUT2D eigenvalue weighted by Crippen LogP contribution is 2.43. The molecule has 204 valence electrons. The lowest BCUT2D eigenvalue weighted by Crippen LogP contribution is -1.96. The van der Waals surface area contributed by atoms with Gasteiger partial charge in [-0.3, -0.25) is 0 Å². The zero-order valence-corrected chi connectivity index (χ0v) is 23.9. The average molecular weight is 559 g/mol. The minimum Gasteiger partial charge on any atom is -0.309 e. The molecule has 10 rings (SSSR count). The summed E-state index contributed by atoms with van der Waals surface area (Å²) in [6.07, 6.45) is 0. The molecule has 3 aromatic heterocycles. The first-order valence-corrected chi connectivity index (χ1v) is 15.2. The summed E-state index contributed by atoms with van der Waals surface area (Å²) in [7, 11) is 0. The Hall–Kier alpha value is -5.86. The summed E-state index contributed by atoms with van der Waals surface area (Å²) in [4.78, 5) is 0. The van der Waals surface area contributed by atoms with E-state index in [0.717, 1.165) is 5.69 Å². The van der Waals surface area contributed by atoms with Gasteiger partial charge in [0.25, 0.3) is 0 Å². The molecule has 7 aromatic carbocycles. The van der Waals surface area contributed by atoms with Crippen molar-refractivity contribution in [3.63, 3.8) is 0 Å². The molecule has 0 saturated carbocycles. The lowest BCUT2D eigenvalue weighted by Gasteiger charge is -2.14. The minimum atomic E-state index is 1.16. The number of aromatic nitrogens is 2. The first-order valence-electron chi connectivity index (χ1n) is 15.2. The summed E-state index contributed by atoms with van der Waals surface area (Å²) in [6.45, 7) is 0. The predicted molar refractivity (Wildman–Crippen MR) is 186 cm³/mol. The lowest BCUT2D eigenvalue weighted by atomic mass is 9.98. The van der Waals surface area contributed by atoms with Gasteiger partial charge in [-0.2, -0.15) is 0 Å². The Labute approximate surface area is 254 Å². The largest absolute Gasteiger partial charge is 0.309 e. The van der Waals surface area contributed by atoms with E-state index < -0.39 is 0 Å². The van der Waals surface area contributed by atoms with E-state index in [9.17, 15) is 0 Å². The predicted octanol–water partition coefficient (Wildman–Crippen LogP) is 11.3. The summed E-state index contributed by atoms with van der Waals surface area (Å²) in [5, 5.41) is 7.74. The molecule has 0 amide bonds. The van der Waals surface area contributed by atoms with Crippen molar-refractivity contribution in [1.29, 1.82) is 0 Å². The van der Waals surface area contributed by atoms with E-state index in [-0.39, 0.29) is 0 Å². The maximum Gasteiger partial charge on any atom is 0.0620 e. The second-order valence-electron chi connectivity index (χ2n) is 11.8. The monoisotopic (exact) mass is 558 g/mol. The average Bonchev–Trinajstić information content (AvgIpc) is 3.73. The quantitative estimate of drug-likeness (QED) is 0.204. The van der Waals surface area contributed by atoms with Gasteiger partial charge in [-0.1, -0.05) is 115 Å². The second-order valence-corrected chi connectivity index (χ2v) is 11.8. The van der Waals surface area contributed by atoms with Crippen LogP contribution in [-0.2, 0) is 0 Å². The fourth-order valence-electron chi connectivity index (χ4n) is 7.50. The third kappa shape index (κ3) is 3.20. The summed E-state index contributed by atoms with van der Waals surface area (Å²) in [6, 6.07) is 57.7. The molecule has 44 heavy (non-hydrogen) atoms. The van der Waals surface area contributed by atoms with Gasteiger partial charge in [-0.25, -0.2) is 0 Å². The SMILES string of the molecule is c1ccc(-c2cc(-c3ccccc3)cc(-n3c4ccccc4c4cc5c(cc43)c3cccc4c6ccccc6n5c43)c2)cc1. The van der Waals surface area contributed by atoms with Crippen LogP contribution in [0.4, 0.5) is 0 Å². The molecule has 0 bridgehead atoms. The Kier molecular flexibility index (Phi) is 4.75. The van der Waals surface area contributed by atoms with Crippen molar-refractivity contribution in [3.8, 4) is 27.9 Å². The molecule has 0 atom stereocenters. The van der Waals surface area contributed by atoms with Crippen molar-refractivity contribution < 1.29 is 0 Å². The Morgan fingerprint density at radius 2 is 0.795 bits per heavy atom. The van der Waals surface area contributed by atoms with E-state index in [1.54, 1.807) is 0 Å². The smallest absolute Gasteiger partial charge is 0.0620 e. The van der Waals surface area contributed by atoms with Gasteiger partial charge in [0.15, 0.2) is 0 Å². The molecule has 0 spiro atoms. The molecule has 0 aliphatic heterocycles. The molecule has 0 fully saturated rings. The summed E-state index contributed by atoms with van der Waals surface area (Å²) in [5.41, 5.74) is 12.3. The molecular weight excluding hydrogens is 532 g/mol. The van der Waals surface area contributed by atoms with Crippen molar-refractivity contribution in [3.05, 3.63) is 158 Å². The van der Waals surface area contributed by atoms with Crippen LogP contribution in [0.1, 0.15) is 0 Å². The first kappa shape index (κ1) is 23.7. The van der Waals surface area contributed by atoms with Crippen LogP contribution in [0.3, 0.4) is 0 Å². The number of benzene rings is 7. The van der Waals surface area contributed by atoms with Crippen LogP contribution in [-0.4, -0.2) is 8.97 Å². The topological polar surface area (TPSA) is 9.34 Å². The van der Waals surface area contributed by atoms with Crippen molar-refractivity contribution in [2.75, 3.05) is 0 Å². The fourth-order valence-corrected chi connectivity index (χ4v) is 7.50. The van der Waals surface area contributed by atoms with Crippen LogP contribution < -0.4 is 0 Å². The molecule has 0 aliphatic carbocycles. The van der Waals surface area contributed by atoms with Gasteiger partial charge in [0.05, 0.1) is 27.6 Å². The van der Waals surface area contributed by atoms with Gasteiger partial charge in [-0.05, 0) is 64.7 Å². The molecule has 2 nitrogen and oxygen atoms in total. The van der Waals surface area contributed by atoms with Crippen LogP contribution >= 0.6 is 0 Å². The zero-order chi connectivity index (χ0) is 28.8. The van der Waals surface area contributed by atoms with Gasteiger partial charge in [0.2, 0.25) is 0 Å². The van der Waals surface area contributed by atoms with Crippen LogP contribution in [0.25, 0.3) is 87.8 Å². The molecule has 0 unspecified atom stereocenters. The Bertz CT molecular complexity index is 2630. The third-order valence-electron chi connectivity index (χ3n) is 9.41. The van der Waals surface area contributed by atoms with E-state index in [1.807, 2.05) is 0 Å². The number of hydrogen-bond acceptors (Lipinski definition) is 0. The minimum absolute atomic E-state index is 1.16. The maximum absolute atomic E-state index is 2.48. The third-order valence-corrected chi connectivity index (χ3v) is 9.41. The Morgan fingerprint density at radius 1 is 0.295 bits per heavy atom. The van der Waals surface area contributed by atoms with E-state index in [1.165, 1.54) is 82.2 Å². The Balaban J connectivity index is 1.35. The number of nitrogens with zero attached hydrogens (tertiary/aromatic N) is 2. The standard InChI is InChI=1S/C42H26N2/c1-3-12-27(13-4-1)29-22-30(28-14-5-2-6-15-28)24-31(23-29)43-38-20-9-8-17-33(38)36-25-41-37(26-40(36)43)35-19-11-18-34-32-16-7-10-21-39(32)44(41)42(34)35/h1-26H. The molecule has 0 saturated heterocycles. The van der Waals surface area contributed by atoms with Gasteiger partial charge in [-0.15, -0.1) is 0 Å². The number of rotatable bonds is 3. The van der Waals surface area contributed by atoms with Crippen molar-refractivity contribution in [1.82, 2.24) is 8.97 Å². The highest BCUT2D eigenvalue weighted by atomic mass is 15.0. The summed E-state index contributed by atoms with van der Waals surface area (Å²) >= 11 is 0. The van der Waals surface area contributed by atoms with Gasteiger partial charge in [0.1, 0.15) is 0 Å². The molecular formula is C42H26N2. The molecule has 10 aromatic rings. The maximum atomic E-state index is 2.48.